The van der Waals surface area contributed by atoms with Crippen molar-refractivity contribution in [2.75, 3.05) is 13.7 Å². The van der Waals surface area contributed by atoms with Crippen LogP contribution in [-0.4, -0.2) is 40.2 Å². The van der Waals surface area contributed by atoms with E-state index < -0.39 is 12.6 Å². The van der Waals surface area contributed by atoms with E-state index in [1.807, 2.05) is 43.3 Å². The molecule has 0 unspecified atom stereocenters. The van der Waals surface area contributed by atoms with E-state index >= 15 is 0 Å². The van der Waals surface area contributed by atoms with Crippen molar-refractivity contribution in [2.45, 2.75) is 6.92 Å². The molecule has 33 heavy (non-hydrogen) atoms. The Bertz CT molecular complexity index is 1280. The number of carbonyl (C=O) groups excluding carboxylic acids is 2. The molecule has 0 saturated heterocycles. The van der Waals surface area contributed by atoms with Gasteiger partial charge in [-0.1, -0.05) is 41.4 Å². The molecule has 0 saturated carbocycles. The first-order chi connectivity index (χ1) is 15.9. The molecule has 7 nitrogen and oxygen atoms in total. The maximum Gasteiger partial charge on any atom is 0.378 e. The number of Topliss-reactive ketones (excluding diaryl/α,β-unsaturated/α-hetero) is 1. The van der Waals surface area contributed by atoms with Gasteiger partial charge >= 0.3 is 5.97 Å². The zero-order valence-corrected chi connectivity index (χ0v) is 18.7. The van der Waals surface area contributed by atoms with Gasteiger partial charge in [-0.15, -0.1) is 5.10 Å². The number of ketones is 1. The summed E-state index contributed by atoms with van der Waals surface area (Å²) in [5.41, 5.74) is 2.95. The lowest BCUT2D eigenvalue weighted by Gasteiger charge is -2.07. The molecule has 8 heteroatoms. The first-order valence-electron chi connectivity index (χ1n) is 10.1. The zero-order valence-electron chi connectivity index (χ0n) is 18.0. The zero-order chi connectivity index (χ0) is 23.4. The summed E-state index contributed by atoms with van der Waals surface area (Å²) in [5.74, 6) is -0.135. The second-order valence-electron chi connectivity index (χ2n) is 7.24. The fraction of sp³-hybridized carbons (Fsp3) is 0.120. The molecule has 0 aliphatic rings. The van der Waals surface area contributed by atoms with E-state index in [0.717, 1.165) is 11.1 Å². The van der Waals surface area contributed by atoms with Crippen LogP contribution in [0.15, 0.2) is 72.8 Å². The molecule has 1 heterocycles. The molecule has 3 aromatic carbocycles. The number of halogens is 1. The highest BCUT2D eigenvalue weighted by molar-refractivity contribution is 6.30. The van der Waals surface area contributed by atoms with Gasteiger partial charge in [0.1, 0.15) is 5.75 Å². The number of benzene rings is 3. The van der Waals surface area contributed by atoms with Crippen molar-refractivity contribution in [1.82, 2.24) is 14.8 Å². The van der Waals surface area contributed by atoms with Gasteiger partial charge < -0.3 is 9.47 Å². The normalized spacial score (nSPS) is 10.6. The monoisotopic (exact) mass is 461 g/mol. The van der Waals surface area contributed by atoms with Gasteiger partial charge in [0.05, 0.1) is 12.8 Å². The Hall–Kier alpha value is -3.97. The van der Waals surface area contributed by atoms with Crippen molar-refractivity contribution in [1.29, 1.82) is 0 Å². The first-order valence-corrected chi connectivity index (χ1v) is 10.5. The van der Waals surface area contributed by atoms with Crippen molar-refractivity contribution < 1.29 is 19.1 Å². The standard InChI is InChI=1S/C25H20ClN3O4/c1-16-3-5-18(6-4-16)24-27-23(28-29(24)20-11-13-21(32-2)14-12-20)25(31)33-15-22(30)17-7-9-19(26)10-8-17/h3-14H,15H2,1-2H3. The molecule has 0 aliphatic heterocycles. The minimum Gasteiger partial charge on any atom is -0.497 e. The lowest BCUT2D eigenvalue weighted by atomic mass is 10.1. The third-order valence-corrected chi connectivity index (χ3v) is 5.17. The van der Waals surface area contributed by atoms with Crippen molar-refractivity contribution >= 4 is 23.4 Å². The maximum absolute atomic E-state index is 12.7. The van der Waals surface area contributed by atoms with Crippen LogP contribution in [0.1, 0.15) is 26.5 Å². The minimum atomic E-state index is -0.794. The Kier molecular flexibility index (Phi) is 6.51. The van der Waals surface area contributed by atoms with E-state index in [2.05, 4.69) is 10.1 Å². The molecule has 1 aromatic heterocycles. The molecule has 0 aliphatic carbocycles. The Morgan fingerprint density at radius 1 is 0.939 bits per heavy atom. The van der Waals surface area contributed by atoms with Crippen LogP contribution in [0.2, 0.25) is 5.02 Å². The molecule has 4 aromatic rings. The highest BCUT2D eigenvalue weighted by Crippen LogP contribution is 2.23. The third kappa shape index (κ3) is 5.10. The Labute approximate surface area is 195 Å². The van der Waals surface area contributed by atoms with Gasteiger partial charge in [-0.05, 0) is 55.5 Å². The molecule has 0 amide bonds. The summed E-state index contributed by atoms with van der Waals surface area (Å²) in [6.45, 7) is 1.55. The summed E-state index contributed by atoms with van der Waals surface area (Å²) in [7, 11) is 1.58. The average molecular weight is 462 g/mol. The van der Waals surface area contributed by atoms with E-state index in [-0.39, 0.29) is 11.6 Å². The van der Waals surface area contributed by atoms with Gasteiger partial charge in [0, 0.05) is 16.1 Å². The summed E-state index contributed by atoms with van der Waals surface area (Å²) in [5, 5.41) is 4.87. The molecular formula is C25H20ClN3O4. The molecule has 0 atom stereocenters. The van der Waals surface area contributed by atoms with Crippen LogP contribution in [0.4, 0.5) is 0 Å². The van der Waals surface area contributed by atoms with Crippen LogP contribution >= 0.6 is 11.6 Å². The summed E-state index contributed by atoms with van der Waals surface area (Å²) in [6, 6.07) is 21.2. The smallest absolute Gasteiger partial charge is 0.378 e. The minimum absolute atomic E-state index is 0.148. The predicted molar refractivity (Wildman–Crippen MR) is 124 cm³/mol. The summed E-state index contributed by atoms with van der Waals surface area (Å²) >= 11 is 5.85. The molecular weight excluding hydrogens is 442 g/mol. The van der Waals surface area contributed by atoms with Crippen LogP contribution in [0.5, 0.6) is 5.75 Å². The average Bonchev–Trinajstić information content (AvgIpc) is 3.29. The van der Waals surface area contributed by atoms with Crippen LogP contribution in [0.3, 0.4) is 0 Å². The van der Waals surface area contributed by atoms with Crippen molar-refractivity contribution in [3.63, 3.8) is 0 Å². The second kappa shape index (κ2) is 9.67. The van der Waals surface area contributed by atoms with E-state index in [1.54, 1.807) is 48.2 Å². The summed E-state index contributed by atoms with van der Waals surface area (Å²) in [6.07, 6.45) is 0. The first kappa shape index (κ1) is 22.2. The Morgan fingerprint density at radius 3 is 2.24 bits per heavy atom. The molecule has 166 valence electrons. The number of esters is 1. The van der Waals surface area contributed by atoms with Crippen LogP contribution in [0.25, 0.3) is 17.1 Å². The van der Waals surface area contributed by atoms with Gasteiger partial charge in [-0.2, -0.15) is 0 Å². The topological polar surface area (TPSA) is 83.3 Å². The Morgan fingerprint density at radius 2 is 1.61 bits per heavy atom. The lowest BCUT2D eigenvalue weighted by Crippen LogP contribution is -2.15. The molecule has 0 bridgehead atoms. The van der Waals surface area contributed by atoms with E-state index in [9.17, 15) is 9.59 Å². The van der Waals surface area contributed by atoms with Gasteiger partial charge in [-0.25, -0.2) is 14.5 Å². The lowest BCUT2D eigenvalue weighted by molar-refractivity contribution is 0.0462. The molecule has 0 radical (unpaired) electrons. The van der Waals surface area contributed by atoms with E-state index in [4.69, 9.17) is 21.1 Å². The number of nitrogens with zero attached hydrogens (tertiary/aromatic N) is 3. The second-order valence-corrected chi connectivity index (χ2v) is 7.68. The van der Waals surface area contributed by atoms with Gasteiger partial charge in [0.15, 0.2) is 18.2 Å². The van der Waals surface area contributed by atoms with Gasteiger partial charge in [0.25, 0.3) is 5.82 Å². The van der Waals surface area contributed by atoms with Crippen LogP contribution in [0, 0.1) is 6.92 Å². The van der Waals surface area contributed by atoms with Crippen molar-refractivity contribution in [2.24, 2.45) is 0 Å². The number of rotatable bonds is 7. The highest BCUT2D eigenvalue weighted by atomic mass is 35.5. The maximum atomic E-state index is 12.7. The van der Waals surface area contributed by atoms with E-state index in [1.165, 1.54) is 0 Å². The number of ether oxygens (including phenoxy) is 2. The molecule has 0 fully saturated rings. The highest BCUT2D eigenvalue weighted by Gasteiger charge is 2.21. The number of aryl methyl sites for hydroxylation is 1. The van der Waals surface area contributed by atoms with Crippen molar-refractivity contribution in [3.8, 4) is 22.8 Å². The fourth-order valence-electron chi connectivity index (χ4n) is 3.11. The predicted octanol–water partition coefficient (Wildman–Crippen LogP) is 4.94. The summed E-state index contributed by atoms with van der Waals surface area (Å²) in [4.78, 5) is 29.4. The van der Waals surface area contributed by atoms with Crippen LogP contribution in [-0.2, 0) is 4.74 Å². The van der Waals surface area contributed by atoms with Gasteiger partial charge in [-0.3, -0.25) is 4.79 Å². The SMILES string of the molecule is COc1ccc(-n2nc(C(=O)OCC(=O)c3ccc(Cl)cc3)nc2-c2ccc(C)cc2)cc1. The van der Waals surface area contributed by atoms with E-state index in [0.29, 0.717) is 27.8 Å². The molecule has 0 spiro atoms. The number of aromatic nitrogens is 3. The molecule has 4 rings (SSSR count). The Balaban J connectivity index is 1.61. The summed E-state index contributed by atoms with van der Waals surface area (Å²) < 4.78 is 12.0. The van der Waals surface area contributed by atoms with Gasteiger partial charge in [0.2, 0.25) is 0 Å². The van der Waals surface area contributed by atoms with Crippen molar-refractivity contribution in [3.05, 3.63) is 94.8 Å². The number of hydrogen-bond donors (Lipinski definition) is 0. The third-order valence-electron chi connectivity index (χ3n) is 4.92. The fourth-order valence-corrected chi connectivity index (χ4v) is 3.23. The quantitative estimate of drug-likeness (QED) is 0.286. The molecule has 0 N–H and O–H groups in total. The number of carbonyl (C=O) groups is 2. The van der Waals surface area contributed by atoms with Crippen LogP contribution < -0.4 is 4.74 Å². The number of hydrogen-bond acceptors (Lipinski definition) is 6. The largest absolute Gasteiger partial charge is 0.497 e. The number of methoxy groups -OCH3 is 1.